The molecule has 1 aromatic carbocycles. The normalized spacial score (nSPS) is 20.5. The first-order chi connectivity index (χ1) is 11.7. The van der Waals surface area contributed by atoms with Crippen molar-refractivity contribution in [3.8, 4) is 0 Å². The van der Waals surface area contributed by atoms with Gasteiger partial charge in [-0.2, -0.15) is 0 Å². The molecule has 0 unspecified atom stereocenters. The predicted octanol–water partition coefficient (Wildman–Crippen LogP) is 2.05. The van der Waals surface area contributed by atoms with E-state index in [0.717, 1.165) is 6.07 Å². The van der Waals surface area contributed by atoms with Crippen molar-refractivity contribution in [3.05, 3.63) is 35.4 Å². The third kappa shape index (κ3) is 6.02. The molecular formula is C18H26F2N2O3. The Labute approximate surface area is 147 Å². The SMILES string of the molecule is CN(C)C(=O)COC[C@H]1CN(Cc2ccc(F)c(F)c2)CC(C)(C)O1. The third-order valence-electron chi connectivity index (χ3n) is 3.97. The molecule has 0 radical (unpaired) electrons. The number of amides is 1. The second-order valence-corrected chi connectivity index (χ2v) is 7.22. The van der Waals surface area contributed by atoms with E-state index in [1.165, 1.54) is 11.0 Å². The van der Waals surface area contributed by atoms with Gasteiger partial charge in [0.1, 0.15) is 6.61 Å². The lowest BCUT2D eigenvalue weighted by Gasteiger charge is -2.42. The smallest absolute Gasteiger partial charge is 0.248 e. The first-order valence-electron chi connectivity index (χ1n) is 8.28. The molecule has 1 aliphatic heterocycles. The van der Waals surface area contributed by atoms with Crippen LogP contribution in [0.25, 0.3) is 0 Å². The minimum atomic E-state index is -0.845. The van der Waals surface area contributed by atoms with E-state index in [1.54, 1.807) is 20.2 Å². The van der Waals surface area contributed by atoms with Gasteiger partial charge in [-0.1, -0.05) is 6.07 Å². The Morgan fingerprint density at radius 2 is 2.08 bits per heavy atom. The van der Waals surface area contributed by atoms with Gasteiger partial charge in [0.25, 0.3) is 0 Å². The highest BCUT2D eigenvalue weighted by Crippen LogP contribution is 2.23. The molecule has 1 fully saturated rings. The van der Waals surface area contributed by atoms with Gasteiger partial charge >= 0.3 is 0 Å². The maximum Gasteiger partial charge on any atom is 0.248 e. The minimum absolute atomic E-state index is 0.0104. The molecule has 0 N–H and O–H groups in total. The Kier molecular flexibility index (Phi) is 6.48. The third-order valence-corrected chi connectivity index (χ3v) is 3.97. The molecule has 0 aromatic heterocycles. The molecule has 2 rings (SSSR count). The van der Waals surface area contributed by atoms with Gasteiger partial charge in [-0.05, 0) is 31.5 Å². The Hall–Kier alpha value is -1.57. The number of benzene rings is 1. The van der Waals surface area contributed by atoms with Crippen LogP contribution < -0.4 is 0 Å². The van der Waals surface area contributed by atoms with E-state index in [4.69, 9.17) is 9.47 Å². The fourth-order valence-corrected chi connectivity index (χ4v) is 2.93. The molecule has 1 amide bonds. The molecule has 1 saturated heterocycles. The summed E-state index contributed by atoms with van der Waals surface area (Å²) in [5, 5.41) is 0. The van der Waals surface area contributed by atoms with Crippen LogP contribution in [-0.4, -0.2) is 67.8 Å². The second-order valence-electron chi connectivity index (χ2n) is 7.22. The van der Waals surface area contributed by atoms with Crippen LogP contribution in [0.5, 0.6) is 0 Å². The van der Waals surface area contributed by atoms with Crippen molar-refractivity contribution in [2.45, 2.75) is 32.1 Å². The summed E-state index contributed by atoms with van der Waals surface area (Å²) in [4.78, 5) is 15.2. The van der Waals surface area contributed by atoms with Crippen LogP contribution in [0, 0.1) is 11.6 Å². The molecule has 0 spiro atoms. The summed E-state index contributed by atoms with van der Waals surface area (Å²) in [6.07, 6.45) is -0.191. The van der Waals surface area contributed by atoms with Gasteiger partial charge in [-0.15, -0.1) is 0 Å². The standard InChI is InChI=1S/C18H26F2N2O3/c1-18(2)12-22(8-13-5-6-15(19)16(20)7-13)9-14(25-18)10-24-11-17(23)21(3)4/h5-7,14H,8-12H2,1-4H3/t14-/m1/s1. The summed E-state index contributed by atoms with van der Waals surface area (Å²) < 4.78 is 37.9. The van der Waals surface area contributed by atoms with Crippen LogP contribution in [0.4, 0.5) is 8.78 Å². The summed E-state index contributed by atoms with van der Waals surface area (Å²) in [6.45, 7) is 6.02. The molecule has 0 bridgehead atoms. The molecule has 0 aliphatic carbocycles. The van der Waals surface area contributed by atoms with Crippen molar-refractivity contribution in [2.75, 3.05) is 40.4 Å². The van der Waals surface area contributed by atoms with E-state index < -0.39 is 17.2 Å². The van der Waals surface area contributed by atoms with Crippen LogP contribution in [0.2, 0.25) is 0 Å². The van der Waals surface area contributed by atoms with E-state index in [-0.39, 0.29) is 18.6 Å². The second kappa shape index (κ2) is 8.21. The van der Waals surface area contributed by atoms with Crippen molar-refractivity contribution >= 4 is 5.91 Å². The lowest BCUT2D eigenvalue weighted by atomic mass is 10.0. The lowest BCUT2D eigenvalue weighted by Crippen LogP contribution is -2.53. The highest BCUT2D eigenvalue weighted by molar-refractivity contribution is 5.76. The summed E-state index contributed by atoms with van der Waals surface area (Å²) in [5.41, 5.74) is 0.315. The molecule has 25 heavy (non-hydrogen) atoms. The van der Waals surface area contributed by atoms with Crippen LogP contribution in [0.1, 0.15) is 19.4 Å². The van der Waals surface area contributed by atoms with Gasteiger partial charge in [0.05, 0.1) is 18.3 Å². The monoisotopic (exact) mass is 356 g/mol. The van der Waals surface area contributed by atoms with E-state index in [9.17, 15) is 13.6 Å². The van der Waals surface area contributed by atoms with Crippen LogP contribution >= 0.6 is 0 Å². The molecule has 0 saturated carbocycles. The molecule has 1 aromatic rings. The minimum Gasteiger partial charge on any atom is -0.369 e. The summed E-state index contributed by atoms with van der Waals surface area (Å²) in [5.74, 6) is -1.79. The zero-order chi connectivity index (χ0) is 18.6. The number of carbonyl (C=O) groups is 1. The molecular weight excluding hydrogens is 330 g/mol. The fourth-order valence-electron chi connectivity index (χ4n) is 2.93. The maximum atomic E-state index is 13.4. The fraction of sp³-hybridized carbons (Fsp3) is 0.611. The summed E-state index contributed by atoms with van der Waals surface area (Å²) in [7, 11) is 3.35. The molecule has 1 aliphatic rings. The molecule has 7 heteroatoms. The summed E-state index contributed by atoms with van der Waals surface area (Å²) >= 11 is 0. The quantitative estimate of drug-likeness (QED) is 0.782. The highest BCUT2D eigenvalue weighted by atomic mass is 19.2. The number of nitrogens with zero attached hydrogens (tertiary/aromatic N) is 2. The number of hydrogen-bond acceptors (Lipinski definition) is 4. The molecule has 140 valence electrons. The maximum absolute atomic E-state index is 13.4. The average molecular weight is 356 g/mol. The number of morpholine rings is 1. The summed E-state index contributed by atoms with van der Waals surface area (Å²) in [6, 6.07) is 3.95. The first-order valence-corrected chi connectivity index (χ1v) is 8.28. The van der Waals surface area contributed by atoms with Crippen molar-refractivity contribution in [2.24, 2.45) is 0 Å². The van der Waals surface area contributed by atoms with E-state index in [2.05, 4.69) is 4.90 Å². The van der Waals surface area contributed by atoms with Crippen LogP contribution in [-0.2, 0) is 20.8 Å². The Balaban J connectivity index is 1.93. The predicted molar refractivity (Wildman–Crippen MR) is 90.1 cm³/mol. The van der Waals surface area contributed by atoms with E-state index in [0.29, 0.717) is 31.8 Å². The number of rotatable bonds is 6. The van der Waals surface area contributed by atoms with Crippen molar-refractivity contribution in [1.29, 1.82) is 0 Å². The number of halogens is 2. The molecule has 1 heterocycles. The van der Waals surface area contributed by atoms with E-state index >= 15 is 0 Å². The van der Waals surface area contributed by atoms with Gasteiger partial charge in [-0.25, -0.2) is 8.78 Å². The van der Waals surface area contributed by atoms with Gasteiger partial charge in [0.2, 0.25) is 5.91 Å². The zero-order valence-electron chi connectivity index (χ0n) is 15.2. The Morgan fingerprint density at radius 3 is 2.72 bits per heavy atom. The Bertz CT molecular complexity index is 608. The van der Waals surface area contributed by atoms with E-state index in [1.807, 2.05) is 13.8 Å². The molecule has 5 nitrogen and oxygen atoms in total. The van der Waals surface area contributed by atoms with Gasteiger partial charge in [0.15, 0.2) is 11.6 Å². The number of likely N-dealkylation sites (N-methyl/N-ethyl adjacent to an activating group) is 1. The Morgan fingerprint density at radius 1 is 1.36 bits per heavy atom. The topological polar surface area (TPSA) is 42.0 Å². The zero-order valence-corrected chi connectivity index (χ0v) is 15.2. The van der Waals surface area contributed by atoms with Crippen molar-refractivity contribution < 1.29 is 23.0 Å². The van der Waals surface area contributed by atoms with Gasteiger partial charge in [0, 0.05) is 33.7 Å². The van der Waals surface area contributed by atoms with Gasteiger partial charge < -0.3 is 14.4 Å². The largest absolute Gasteiger partial charge is 0.369 e. The van der Waals surface area contributed by atoms with Gasteiger partial charge in [-0.3, -0.25) is 9.69 Å². The number of ether oxygens (including phenoxy) is 2. The number of hydrogen-bond donors (Lipinski definition) is 0. The van der Waals surface area contributed by atoms with Crippen LogP contribution in [0.3, 0.4) is 0 Å². The lowest BCUT2D eigenvalue weighted by molar-refractivity contribution is -0.161. The molecule has 1 atom stereocenters. The van der Waals surface area contributed by atoms with Crippen molar-refractivity contribution in [1.82, 2.24) is 9.80 Å². The first kappa shape index (κ1) is 19.8. The average Bonchev–Trinajstić information content (AvgIpc) is 2.49. The highest BCUT2D eigenvalue weighted by Gasteiger charge is 2.33. The van der Waals surface area contributed by atoms with Crippen LogP contribution in [0.15, 0.2) is 18.2 Å². The van der Waals surface area contributed by atoms with Crippen molar-refractivity contribution in [3.63, 3.8) is 0 Å². The number of carbonyl (C=O) groups excluding carboxylic acids is 1.